The van der Waals surface area contributed by atoms with E-state index >= 15 is 8.78 Å². The number of carbonyl (C=O) groups excluding carboxylic acids is 1. The summed E-state index contributed by atoms with van der Waals surface area (Å²) in [7, 11) is 0. The van der Waals surface area contributed by atoms with E-state index in [0.29, 0.717) is 24.2 Å². The molecule has 0 unspecified atom stereocenters. The predicted octanol–water partition coefficient (Wildman–Crippen LogP) is 3.15. The number of rotatable bonds is 3. The monoisotopic (exact) mass is 361 g/mol. The van der Waals surface area contributed by atoms with Crippen molar-refractivity contribution >= 4 is 11.7 Å². The Bertz CT molecular complexity index is 740. The molecule has 1 aromatic heterocycles. The number of nitrogens with zero attached hydrogens (tertiary/aromatic N) is 3. The summed E-state index contributed by atoms with van der Waals surface area (Å²) in [5.74, 6) is 0.297. The summed E-state index contributed by atoms with van der Waals surface area (Å²) in [6.07, 6.45) is 5.86. The van der Waals surface area contributed by atoms with Crippen LogP contribution in [0.1, 0.15) is 26.7 Å². The summed E-state index contributed by atoms with van der Waals surface area (Å²) in [6, 6.07) is 5.04. The first kappa shape index (κ1) is 17.6. The molecule has 3 heterocycles. The number of aromatic nitrogens is 1. The van der Waals surface area contributed by atoms with E-state index in [-0.39, 0.29) is 19.6 Å². The van der Waals surface area contributed by atoms with Gasteiger partial charge in [0.15, 0.2) is 5.67 Å². The zero-order valence-corrected chi connectivity index (χ0v) is 15.3. The van der Waals surface area contributed by atoms with Crippen LogP contribution in [-0.2, 0) is 4.79 Å². The van der Waals surface area contributed by atoms with Gasteiger partial charge in [-0.1, -0.05) is 24.6 Å². The smallest absolute Gasteiger partial charge is 0.270 e. The quantitative estimate of drug-likeness (QED) is 0.776. The SMILES string of the molecule is CC1=C[C@H](C)[C@@H](CN2C[C@]3(F)CN(c4ccccn4)C(=O)[C@]3(F)C2)CC1. The molecule has 3 aliphatic rings. The molecular formula is C20H25F2N3O. The molecule has 2 saturated heterocycles. The van der Waals surface area contributed by atoms with Crippen LogP contribution in [0.2, 0.25) is 0 Å². The van der Waals surface area contributed by atoms with Crippen molar-refractivity contribution in [3.05, 3.63) is 36.0 Å². The van der Waals surface area contributed by atoms with E-state index < -0.39 is 17.2 Å². The summed E-state index contributed by atoms with van der Waals surface area (Å²) in [4.78, 5) is 19.7. The van der Waals surface area contributed by atoms with Gasteiger partial charge >= 0.3 is 0 Å². The maximum absolute atomic E-state index is 15.5. The maximum atomic E-state index is 15.5. The lowest BCUT2D eigenvalue weighted by molar-refractivity contribution is -0.130. The van der Waals surface area contributed by atoms with E-state index in [9.17, 15) is 4.79 Å². The van der Waals surface area contributed by atoms with E-state index in [0.717, 1.165) is 17.7 Å². The molecule has 1 aromatic rings. The van der Waals surface area contributed by atoms with Gasteiger partial charge in [-0.3, -0.25) is 14.6 Å². The van der Waals surface area contributed by atoms with Gasteiger partial charge in [0.25, 0.3) is 5.91 Å². The number of alkyl halides is 2. The fourth-order valence-corrected chi connectivity index (χ4v) is 4.72. The minimum Gasteiger partial charge on any atom is -0.296 e. The molecule has 2 fully saturated rings. The summed E-state index contributed by atoms with van der Waals surface area (Å²) < 4.78 is 31.0. The molecule has 0 spiro atoms. The van der Waals surface area contributed by atoms with Crippen molar-refractivity contribution in [2.75, 3.05) is 31.1 Å². The van der Waals surface area contributed by atoms with E-state index in [1.165, 1.54) is 11.8 Å². The first-order valence-electron chi connectivity index (χ1n) is 9.33. The van der Waals surface area contributed by atoms with Crippen LogP contribution in [0.15, 0.2) is 36.0 Å². The van der Waals surface area contributed by atoms with Crippen LogP contribution in [0.25, 0.3) is 0 Å². The van der Waals surface area contributed by atoms with Gasteiger partial charge in [-0.25, -0.2) is 13.8 Å². The standard InChI is InChI=1S/C20H25F2N3O/c1-14-6-7-16(15(2)9-14)10-24-11-19(21)12-25(17-5-3-4-8-23-17)18(26)20(19,22)13-24/h3-5,8-9,15-16H,6-7,10-13H2,1-2H3/t15-,16+,19-,20+/m0/s1. The van der Waals surface area contributed by atoms with E-state index in [1.54, 1.807) is 18.2 Å². The molecule has 0 bridgehead atoms. The van der Waals surface area contributed by atoms with Crippen LogP contribution in [0.5, 0.6) is 0 Å². The molecule has 4 rings (SSSR count). The summed E-state index contributed by atoms with van der Waals surface area (Å²) in [5.41, 5.74) is -3.27. The highest BCUT2D eigenvalue weighted by molar-refractivity contribution is 6.03. The molecule has 0 radical (unpaired) electrons. The largest absolute Gasteiger partial charge is 0.296 e. The minimum absolute atomic E-state index is 0.0372. The number of hydrogen-bond donors (Lipinski definition) is 0. The summed E-state index contributed by atoms with van der Waals surface area (Å²) >= 11 is 0. The van der Waals surface area contributed by atoms with E-state index in [4.69, 9.17) is 0 Å². The minimum atomic E-state index is -2.48. The molecule has 2 aliphatic heterocycles. The normalized spacial score (nSPS) is 37.8. The van der Waals surface area contributed by atoms with Gasteiger partial charge in [-0.2, -0.15) is 0 Å². The molecule has 4 nitrogen and oxygen atoms in total. The van der Waals surface area contributed by atoms with Gasteiger partial charge in [0.1, 0.15) is 5.82 Å². The first-order chi connectivity index (χ1) is 12.3. The lowest BCUT2D eigenvalue weighted by atomic mass is 9.82. The second-order valence-electron chi connectivity index (χ2n) is 8.19. The van der Waals surface area contributed by atoms with Gasteiger partial charge in [-0.15, -0.1) is 0 Å². The van der Waals surface area contributed by atoms with E-state index in [1.807, 2.05) is 4.90 Å². The van der Waals surface area contributed by atoms with Gasteiger partial charge in [0.05, 0.1) is 6.54 Å². The number of likely N-dealkylation sites (tertiary alicyclic amines) is 1. The lowest BCUT2D eigenvalue weighted by Gasteiger charge is -2.31. The number of hydrogen-bond acceptors (Lipinski definition) is 3. The Labute approximate surface area is 152 Å². The average molecular weight is 361 g/mol. The number of allylic oxidation sites excluding steroid dienone is 2. The van der Waals surface area contributed by atoms with Gasteiger partial charge in [0.2, 0.25) is 5.67 Å². The Balaban J connectivity index is 1.50. The van der Waals surface area contributed by atoms with Crippen molar-refractivity contribution < 1.29 is 13.6 Å². The third kappa shape index (κ3) is 2.66. The first-order valence-corrected chi connectivity index (χ1v) is 9.33. The molecule has 0 saturated carbocycles. The Hall–Kier alpha value is -1.82. The van der Waals surface area contributed by atoms with Crippen molar-refractivity contribution in [1.82, 2.24) is 9.88 Å². The zero-order chi connectivity index (χ0) is 18.5. The van der Waals surface area contributed by atoms with E-state index in [2.05, 4.69) is 24.9 Å². The van der Waals surface area contributed by atoms with Crippen LogP contribution in [0, 0.1) is 11.8 Å². The Morgan fingerprint density at radius 2 is 2.08 bits per heavy atom. The molecule has 26 heavy (non-hydrogen) atoms. The molecule has 4 atom stereocenters. The molecule has 0 N–H and O–H groups in total. The topological polar surface area (TPSA) is 36.4 Å². The second kappa shape index (κ2) is 6.12. The average Bonchev–Trinajstić information content (AvgIpc) is 2.96. The van der Waals surface area contributed by atoms with Crippen LogP contribution in [0.4, 0.5) is 14.6 Å². The number of anilines is 1. The van der Waals surface area contributed by atoms with Crippen molar-refractivity contribution in [2.24, 2.45) is 11.8 Å². The van der Waals surface area contributed by atoms with Crippen molar-refractivity contribution in [3.63, 3.8) is 0 Å². The summed E-state index contributed by atoms with van der Waals surface area (Å²) in [6.45, 7) is 4.45. The molecule has 0 aromatic carbocycles. The second-order valence-corrected chi connectivity index (χ2v) is 8.19. The van der Waals surface area contributed by atoms with Gasteiger partial charge < -0.3 is 0 Å². The molecule has 1 aliphatic carbocycles. The number of amides is 1. The predicted molar refractivity (Wildman–Crippen MR) is 96.4 cm³/mol. The highest BCUT2D eigenvalue weighted by Crippen LogP contribution is 2.47. The van der Waals surface area contributed by atoms with Crippen molar-refractivity contribution in [3.8, 4) is 0 Å². The number of fused-ring (bicyclic) bond motifs is 1. The Morgan fingerprint density at radius 1 is 1.27 bits per heavy atom. The highest BCUT2D eigenvalue weighted by atomic mass is 19.2. The van der Waals surface area contributed by atoms with Crippen LogP contribution < -0.4 is 4.90 Å². The molecule has 140 valence electrons. The Kier molecular flexibility index (Phi) is 4.14. The van der Waals surface area contributed by atoms with Crippen LogP contribution in [0.3, 0.4) is 0 Å². The number of halogens is 2. The number of carbonyl (C=O) groups is 1. The van der Waals surface area contributed by atoms with Crippen LogP contribution in [-0.4, -0.2) is 53.3 Å². The molecular weight excluding hydrogens is 336 g/mol. The fraction of sp³-hybridized carbons (Fsp3) is 0.600. The molecule has 1 amide bonds. The maximum Gasteiger partial charge on any atom is 0.270 e. The van der Waals surface area contributed by atoms with Crippen molar-refractivity contribution in [2.45, 2.75) is 38.0 Å². The van der Waals surface area contributed by atoms with Crippen LogP contribution >= 0.6 is 0 Å². The zero-order valence-electron chi connectivity index (χ0n) is 15.3. The van der Waals surface area contributed by atoms with Gasteiger partial charge in [-0.05, 0) is 43.7 Å². The third-order valence-electron chi connectivity index (χ3n) is 6.24. The third-order valence-corrected chi connectivity index (χ3v) is 6.24. The Morgan fingerprint density at radius 3 is 2.73 bits per heavy atom. The highest BCUT2D eigenvalue weighted by Gasteiger charge is 2.71. The molecule has 6 heteroatoms. The van der Waals surface area contributed by atoms with Crippen molar-refractivity contribution in [1.29, 1.82) is 0 Å². The van der Waals surface area contributed by atoms with Gasteiger partial charge in [0, 0.05) is 25.8 Å². The number of pyridine rings is 1. The summed E-state index contributed by atoms with van der Waals surface area (Å²) in [5, 5.41) is 0. The fourth-order valence-electron chi connectivity index (χ4n) is 4.72. The lowest BCUT2D eigenvalue weighted by Crippen LogP contribution is -2.47.